The smallest absolute Gasteiger partial charge is 0.311 e. The van der Waals surface area contributed by atoms with Crippen LogP contribution in [0.4, 0.5) is 5.69 Å². The number of nitrogens with zero attached hydrogens (tertiary/aromatic N) is 1. The summed E-state index contributed by atoms with van der Waals surface area (Å²) in [5, 5.41) is 1.92. The summed E-state index contributed by atoms with van der Waals surface area (Å²) in [4.78, 5) is 29.0. The number of anilines is 1. The van der Waals surface area contributed by atoms with Crippen LogP contribution in [0, 0.1) is 0 Å². The zero-order chi connectivity index (χ0) is 19.3. The van der Waals surface area contributed by atoms with Gasteiger partial charge >= 0.3 is 5.97 Å². The number of thioether (sulfide) groups is 1. The van der Waals surface area contributed by atoms with E-state index < -0.39 is 0 Å². The lowest BCUT2D eigenvalue weighted by atomic mass is 10.1. The number of esters is 1. The minimum atomic E-state index is -0.383. The third-order valence-corrected chi connectivity index (χ3v) is 6.56. The Morgan fingerprint density at radius 1 is 1.00 bits per heavy atom. The molecule has 4 nitrogen and oxygen atoms in total. The number of thiophene rings is 1. The van der Waals surface area contributed by atoms with Crippen molar-refractivity contribution in [1.29, 1.82) is 0 Å². The predicted octanol–water partition coefficient (Wildman–Crippen LogP) is 4.71. The molecule has 0 saturated heterocycles. The maximum atomic E-state index is 13.1. The van der Waals surface area contributed by atoms with Gasteiger partial charge in [0.1, 0.15) is 0 Å². The van der Waals surface area contributed by atoms with Crippen LogP contribution in [0.3, 0.4) is 0 Å². The molecule has 0 N–H and O–H groups in total. The van der Waals surface area contributed by atoms with Crippen LogP contribution in [-0.4, -0.2) is 24.2 Å². The highest BCUT2D eigenvalue weighted by molar-refractivity contribution is 7.99. The lowest BCUT2D eigenvalue weighted by Gasteiger charge is -2.37. The van der Waals surface area contributed by atoms with E-state index in [-0.39, 0.29) is 30.9 Å². The Labute approximate surface area is 172 Å². The van der Waals surface area contributed by atoms with E-state index in [0.29, 0.717) is 0 Å². The normalized spacial score (nSPS) is 15.7. The maximum Gasteiger partial charge on any atom is 0.311 e. The van der Waals surface area contributed by atoms with E-state index in [9.17, 15) is 9.59 Å². The third-order valence-electron chi connectivity index (χ3n) is 4.54. The standard InChI is InChI=1S/C22H19NO3S2/c24-21(14-26-22(25)13-17-9-6-12-27-17)23-18-10-4-5-11-20(18)28-15-19(23)16-7-2-1-3-8-16/h1-12,19H,13-15H2. The first-order valence-electron chi connectivity index (χ1n) is 8.99. The highest BCUT2D eigenvalue weighted by Gasteiger charge is 2.32. The van der Waals surface area contributed by atoms with E-state index in [1.807, 2.05) is 72.1 Å². The van der Waals surface area contributed by atoms with Gasteiger partial charge in [0.2, 0.25) is 0 Å². The SMILES string of the molecule is O=C(Cc1cccs1)OCC(=O)N1c2ccccc2SCC1c1ccccc1. The molecule has 3 aromatic rings. The van der Waals surface area contributed by atoms with Crippen molar-refractivity contribution >= 4 is 40.7 Å². The summed E-state index contributed by atoms with van der Waals surface area (Å²) < 4.78 is 5.30. The summed E-state index contributed by atoms with van der Waals surface area (Å²) in [6.07, 6.45) is 0.194. The third kappa shape index (κ3) is 4.13. The highest BCUT2D eigenvalue weighted by Crippen LogP contribution is 2.43. The lowest BCUT2D eigenvalue weighted by Crippen LogP contribution is -2.41. The average Bonchev–Trinajstić information content (AvgIpc) is 3.24. The number of carbonyl (C=O) groups excluding carboxylic acids is 2. The summed E-state index contributed by atoms with van der Waals surface area (Å²) in [6, 6.07) is 21.5. The molecular weight excluding hydrogens is 390 g/mol. The van der Waals surface area contributed by atoms with E-state index in [1.54, 1.807) is 16.7 Å². The van der Waals surface area contributed by atoms with Gasteiger partial charge in [-0.2, -0.15) is 0 Å². The zero-order valence-corrected chi connectivity index (χ0v) is 16.7. The molecule has 0 radical (unpaired) electrons. The molecule has 0 fully saturated rings. The van der Waals surface area contributed by atoms with E-state index in [4.69, 9.17) is 4.74 Å². The van der Waals surface area contributed by atoms with Crippen LogP contribution in [-0.2, 0) is 20.7 Å². The number of fused-ring (bicyclic) bond motifs is 1. The molecule has 142 valence electrons. The number of hydrogen-bond donors (Lipinski definition) is 0. The summed E-state index contributed by atoms with van der Waals surface area (Å²) in [6.45, 7) is -0.257. The van der Waals surface area contributed by atoms with Crippen molar-refractivity contribution in [3.63, 3.8) is 0 Å². The second-order valence-corrected chi connectivity index (χ2v) is 8.48. The number of benzene rings is 2. The molecule has 4 rings (SSSR count). The van der Waals surface area contributed by atoms with Crippen LogP contribution in [0.15, 0.2) is 77.0 Å². The fraction of sp³-hybridized carbons (Fsp3) is 0.182. The second kappa shape index (κ2) is 8.63. The van der Waals surface area contributed by atoms with E-state index in [2.05, 4.69) is 0 Å². The molecule has 1 amide bonds. The topological polar surface area (TPSA) is 46.6 Å². The van der Waals surface area contributed by atoms with Crippen molar-refractivity contribution < 1.29 is 14.3 Å². The van der Waals surface area contributed by atoms with Gasteiger partial charge in [-0.05, 0) is 29.1 Å². The molecule has 1 aliphatic heterocycles. The van der Waals surface area contributed by atoms with Crippen molar-refractivity contribution in [1.82, 2.24) is 0 Å². The van der Waals surface area contributed by atoms with Crippen LogP contribution in [0.5, 0.6) is 0 Å². The first-order chi connectivity index (χ1) is 13.7. The molecule has 1 atom stereocenters. The van der Waals surface area contributed by atoms with Crippen LogP contribution in [0.25, 0.3) is 0 Å². The molecular formula is C22H19NO3S2. The van der Waals surface area contributed by atoms with Gasteiger partial charge in [0.25, 0.3) is 5.91 Å². The number of carbonyl (C=O) groups is 2. The van der Waals surface area contributed by atoms with Gasteiger partial charge in [-0.15, -0.1) is 23.1 Å². The largest absolute Gasteiger partial charge is 0.455 e. The lowest BCUT2D eigenvalue weighted by molar-refractivity contribution is -0.147. The Hall–Kier alpha value is -2.57. The molecule has 1 aromatic heterocycles. The zero-order valence-electron chi connectivity index (χ0n) is 15.1. The maximum absolute atomic E-state index is 13.1. The van der Waals surface area contributed by atoms with Crippen LogP contribution < -0.4 is 4.90 Å². The Kier molecular flexibility index (Phi) is 5.78. The van der Waals surface area contributed by atoms with Gasteiger partial charge in [-0.1, -0.05) is 48.5 Å². The van der Waals surface area contributed by atoms with Crippen molar-refractivity contribution in [3.8, 4) is 0 Å². The average molecular weight is 410 g/mol. The summed E-state index contributed by atoms with van der Waals surface area (Å²) >= 11 is 3.24. The van der Waals surface area contributed by atoms with Crippen molar-refractivity contribution in [2.45, 2.75) is 17.4 Å². The first-order valence-corrected chi connectivity index (χ1v) is 10.9. The monoisotopic (exact) mass is 409 g/mol. The van der Waals surface area contributed by atoms with E-state index in [0.717, 1.165) is 26.8 Å². The van der Waals surface area contributed by atoms with Gasteiger partial charge in [-0.25, -0.2) is 0 Å². The summed E-state index contributed by atoms with van der Waals surface area (Å²) in [5.41, 5.74) is 1.94. The quantitative estimate of drug-likeness (QED) is 0.573. The number of para-hydroxylation sites is 1. The Morgan fingerprint density at radius 2 is 1.79 bits per heavy atom. The van der Waals surface area contributed by atoms with Crippen molar-refractivity contribution in [2.75, 3.05) is 17.3 Å². The minimum absolute atomic E-state index is 0.0930. The molecule has 28 heavy (non-hydrogen) atoms. The Bertz CT molecular complexity index is 957. The van der Waals surface area contributed by atoms with Crippen molar-refractivity contribution in [2.24, 2.45) is 0 Å². The van der Waals surface area contributed by atoms with Gasteiger partial charge in [0.15, 0.2) is 6.61 Å². The van der Waals surface area contributed by atoms with Crippen molar-refractivity contribution in [3.05, 3.63) is 82.6 Å². The molecule has 2 aromatic carbocycles. The fourth-order valence-electron chi connectivity index (χ4n) is 3.24. The molecule has 0 saturated carbocycles. The number of hydrogen-bond acceptors (Lipinski definition) is 5. The van der Waals surface area contributed by atoms with E-state index >= 15 is 0 Å². The molecule has 2 heterocycles. The summed E-state index contributed by atoms with van der Waals surface area (Å²) in [5.74, 6) is 0.170. The van der Waals surface area contributed by atoms with Gasteiger partial charge in [0.05, 0.1) is 18.2 Å². The van der Waals surface area contributed by atoms with E-state index in [1.165, 1.54) is 11.3 Å². The highest BCUT2D eigenvalue weighted by atomic mass is 32.2. The Morgan fingerprint density at radius 3 is 2.57 bits per heavy atom. The van der Waals surface area contributed by atoms with Crippen LogP contribution >= 0.6 is 23.1 Å². The fourth-order valence-corrected chi connectivity index (χ4v) is 5.09. The minimum Gasteiger partial charge on any atom is -0.455 e. The van der Waals surface area contributed by atoms with Gasteiger partial charge < -0.3 is 4.74 Å². The Balaban J connectivity index is 1.53. The molecule has 0 spiro atoms. The molecule has 1 aliphatic rings. The number of rotatable bonds is 5. The van der Waals surface area contributed by atoms with Crippen LogP contribution in [0.1, 0.15) is 16.5 Å². The summed E-state index contributed by atoms with van der Waals surface area (Å²) in [7, 11) is 0. The second-order valence-electron chi connectivity index (χ2n) is 6.39. The molecule has 0 aliphatic carbocycles. The molecule has 6 heteroatoms. The predicted molar refractivity (Wildman–Crippen MR) is 113 cm³/mol. The number of amides is 1. The van der Waals surface area contributed by atoms with Crippen LogP contribution in [0.2, 0.25) is 0 Å². The van der Waals surface area contributed by atoms with Gasteiger partial charge in [0, 0.05) is 15.5 Å². The van der Waals surface area contributed by atoms with Gasteiger partial charge in [-0.3, -0.25) is 14.5 Å². The first kappa shape index (κ1) is 18.8. The number of ether oxygens (including phenoxy) is 1. The molecule has 1 unspecified atom stereocenters. The molecule has 0 bridgehead atoms.